The number of halogens is 1. The minimum Gasteiger partial charge on any atom is -0.353 e. The van der Waals surface area contributed by atoms with Crippen LogP contribution in [0.15, 0.2) is 0 Å². The molecule has 2 N–H and O–H groups in total. The first-order valence-electron chi connectivity index (χ1n) is 7.00. The topological polar surface area (TPSA) is 41.1 Å². The van der Waals surface area contributed by atoms with Crippen molar-refractivity contribution in [2.75, 3.05) is 13.1 Å². The zero-order chi connectivity index (χ0) is 12.8. The third kappa shape index (κ3) is 6.05. The molecule has 1 rings (SSSR count). The molecule has 18 heavy (non-hydrogen) atoms. The smallest absolute Gasteiger partial charge is 0.220 e. The molecule has 3 atom stereocenters. The van der Waals surface area contributed by atoms with Crippen LogP contribution in [0.25, 0.3) is 0 Å². The normalized spacial score (nSPS) is 23.1. The fourth-order valence-electron chi connectivity index (χ4n) is 2.30. The Balaban J connectivity index is 0.00000289. The SMILES string of the molecule is CC(C)C(C)NC(=O)CC(C)C1CCCNC1.Cl. The predicted molar refractivity (Wildman–Crippen MR) is 79.1 cm³/mol. The molecule has 1 aliphatic heterocycles. The lowest BCUT2D eigenvalue weighted by Gasteiger charge is -2.28. The third-order valence-corrected chi connectivity index (χ3v) is 4.04. The zero-order valence-corrected chi connectivity index (χ0v) is 13.0. The third-order valence-electron chi connectivity index (χ3n) is 4.04. The van der Waals surface area contributed by atoms with E-state index in [4.69, 9.17) is 0 Å². The molecule has 1 saturated heterocycles. The molecular weight excluding hydrogens is 248 g/mol. The van der Waals surface area contributed by atoms with E-state index >= 15 is 0 Å². The molecule has 0 aromatic heterocycles. The van der Waals surface area contributed by atoms with E-state index in [0.29, 0.717) is 24.2 Å². The molecule has 0 radical (unpaired) electrons. The second kappa shape index (κ2) is 8.76. The summed E-state index contributed by atoms with van der Waals surface area (Å²) in [5, 5.41) is 6.51. The van der Waals surface area contributed by atoms with Crippen molar-refractivity contribution in [3.8, 4) is 0 Å². The fourth-order valence-corrected chi connectivity index (χ4v) is 2.30. The van der Waals surface area contributed by atoms with Gasteiger partial charge in [-0.2, -0.15) is 0 Å². The van der Waals surface area contributed by atoms with Gasteiger partial charge in [0.2, 0.25) is 5.91 Å². The molecule has 1 heterocycles. The molecule has 0 spiro atoms. The van der Waals surface area contributed by atoms with E-state index in [0.717, 1.165) is 13.1 Å². The summed E-state index contributed by atoms with van der Waals surface area (Å²) in [5.74, 6) is 1.88. The summed E-state index contributed by atoms with van der Waals surface area (Å²) in [6, 6.07) is 0.277. The molecule has 3 unspecified atom stereocenters. The molecule has 0 aliphatic carbocycles. The van der Waals surface area contributed by atoms with Gasteiger partial charge in [-0.1, -0.05) is 20.8 Å². The van der Waals surface area contributed by atoms with Crippen molar-refractivity contribution in [2.45, 2.75) is 53.0 Å². The molecule has 108 valence electrons. The maximum atomic E-state index is 11.9. The van der Waals surface area contributed by atoms with E-state index in [9.17, 15) is 4.79 Å². The lowest BCUT2D eigenvalue weighted by molar-refractivity contribution is -0.123. The summed E-state index contributed by atoms with van der Waals surface area (Å²) in [6.45, 7) is 10.8. The van der Waals surface area contributed by atoms with Crippen LogP contribution in [-0.4, -0.2) is 25.0 Å². The number of nitrogens with one attached hydrogen (secondary N) is 2. The van der Waals surface area contributed by atoms with E-state index < -0.39 is 0 Å². The number of amides is 1. The van der Waals surface area contributed by atoms with Gasteiger partial charge in [-0.05, 0) is 50.6 Å². The van der Waals surface area contributed by atoms with E-state index in [1.54, 1.807) is 0 Å². The fraction of sp³-hybridized carbons (Fsp3) is 0.929. The van der Waals surface area contributed by atoms with E-state index in [1.807, 2.05) is 0 Å². The lowest BCUT2D eigenvalue weighted by Crippen LogP contribution is -2.39. The van der Waals surface area contributed by atoms with Crippen LogP contribution >= 0.6 is 12.4 Å². The Morgan fingerprint density at radius 3 is 2.50 bits per heavy atom. The average Bonchev–Trinajstić information content (AvgIpc) is 2.29. The van der Waals surface area contributed by atoms with Crippen LogP contribution in [0, 0.1) is 17.8 Å². The second-order valence-corrected chi connectivity index (χ2v) is 5.89. The minimum absolute atomic E-state index is 0. The summed E-state index contributed by atoms with van der Waals surface area (Å²) >= 11 is 0. The molecule has 1 amide bonds. The highest BCUT2D eigenvalue weighted by Gasteiger charge is 2.22. The highest BCUT2D eigenvalue weighted by atomic mass is 35.5. The van der Waals surface area contributed by atoms with Crippen LogP contribution < -0.4 is 10.6 Å². The summed E-state index contributed by atoms with van der Waals surface area (Å²) in [5.41, 5.74) is 0. The quantitative estimate of drug-likeness (QED) is 0.810. The zero-order valence-electron chi connectivity index (χ0n) is 12.2. The summed E-state index contributed by atoms with van der Waals surface area (Å²) in [7, 11) is 0. The lowest BCUT2D eigenvalue weighted by atomic mass is 9.85. The largest absolute Gasteiger partial charge is 0.353 e. The van der Waals surface area contributed by atoms with Crippen molar-refractivity contribution in [2.24, 2.45) is 17.8 Å². The molecule has 1 fully saturated rings. The maximum Gasteiger partial charge on any atom is 0.220 e. The van der Waals surface area contributed by atoms with Gasteiger partial charge in [0.15, 0.2) is 0 Å². The van der Waals surface area contributed by atoms with Gasteiger partial charge in [0, 0.05) is 12.5 Å². The van der Waals surface area contributed by atoms with Crippen molar-refractivity contribution >= 4 is 18.3 Å². The number of rotatable bonds is 5. The van der Waals surface area contributed by atoms with Crippen molar-refractivity contribution in [1.29, 1.82) is 0 Å². The van der Waals surface area contributed by atoms with Crippen LogP contribution in [0.4, 0.5) is 0 Å². The standard InChI is InChI=1S/C14H28N2O.ClH/c1-10(2)12(4)16-14(17)8-11(3)13-6-5-7-15-9-13;/h10-13,15H,5-9H2,1-4H3,(H,16,17);1H. The molecule has 3 nitrogen and oxygen atoms in total. The van der Waals surface area contributed by atoms with Gasteiger partial charge in [-0.15, -0.1) is 12.4 Å². The van der Waals surface area contributed by atoms with Gasteiger partial charge in [0.25, 0.3) is 0 Å². The Morgan fingerprint density at radius 1 is 1.33 bits per heavy atom. The molecule has 1 aliphatic rings. The summed E-state index contributed by atoms with van der Waals surface area (Å²) in [4.78, 5) is 11.9. The number of hydrogen-bond donors (Lipinski definition) is 2. The van der Waals surface area contributed by atoms with Crippen molar-refractivity contribution in [3.05, 3.63) is 0 Å². The minimum atomic E-state index is 0. The highest BCUT2D eigenvalue weighted by molar-refractivity contribution is 5.85. The Hall–Kier alpha value is -0.280. The monoisotopic (exact) mass is 276 g/mol. The summed E-state index contributed by atoms with van der Waals surface area (Å²) in [6.07, 6.45) is 3.18. The van der Waals surface area contributed by atoms with Crippen LogP contribution in [0.2, 0.25) is 0 Å². The number of carbonyl (C=O) groups excluding carboxylic acids is 1. The molecule has 0 saturated carbocycles. The number of hydrogen-bond acceptors (Lipinski definition) is 2. The first-order valence-corrected chi connectivity index (χ1v) is 7.00. The molecule has 0 bridgehead atoms. The molecular formula is C14H29ClN2O. The van der Waals surface area contributed by atoms with Gasteiger partial charge in [0.1, 0.15) is 0 Å². The van der Waals surface area contributed by atoms with Gasteiger partial charge < -0.3 is 10.6 Å². The van der Waals surface area contributed by atoms with Gasteiger partial charge in [-0.25, -0.2) is 0 Å². The molecule has 0 aromatic carbocycles. The van der Waals surface area contributed by atoms with Crippen LogP contribution in [-0.2, 0) is 4.79 Å². The second-order valence-electron chi connectivity index (χ2n) is 5.89. The van der Waals surface area contributed by atoms with Crippen molar-refractivity contribution in [1.82, 2.24) is 10.6 Å². The molecule has 0 aromatic rings. The van der Waals surface area contributed by atoms with Gasteiger partial charge in [0.05, 0.1) is 0 Å². The van der Waals surface area contributed by atoms with Crippen molar-refractivity contribution in [3.63, 3.8) is 0 Å². The Morgan fingerprint density at radius 2 is 2.00 bits per heavy atom. The Bertz CT molecular complexity index is 240. The van der Waals surface area contributed by atoms with Gasteiger partial charge >= 0.3 is 0 Å². The van der Waals surface area contributed by atoms with Crippen LogP contribution in [0.3, 0.4) is 0 Å². The average molecular weight is 277 g/mol. The first kappa shape index (κ1) is 17.7. The van der Waals surface area contributed by atoms with Crippen molar-refractivity contribution < 1.29 is 4.79 Å². The first-order chi connectivity index (χ1) is 8.00. The van der Waals surface area contributed by atoms with Crippen LogP contribution in [0.1, 0.15) is 47.0 Å². The molecule has 4 heteroatoms. The highest BCUT2D eigenvalue weighted by Crippen LogP contribution is 2.22. The van der Waals surface area contributed by atoms with Crippen LogP contribution in [0.5, 0.6) is 0 Å². The van der Waals surface area contributed by atoms with Gasteiger partial charge in [-0.3, -0.25) is 4.79 Å². The number of carbonyl (C=O) groups is 1. The maximum absolute atomic E-state index is 11.9. The Kier molecular flexibility index (Phi) is 8.62. The predicted octanol–water partition coefficient (Wildman–Crippen LogP) is 2.59. The van der Waals surface area contributed by atoms with E-state index in [-0.39, 0.29) is 24.4 Å². The summed E-state index contributed by atoms with van der Waals surface area (Å²) < 4.78 is 0. The Labute approximate surface area is 118 Å². The van der Waals surface area contributed by atoms with E-state index in [2.05, 4.69) is 38.3 Å². The van der Waals surface area contributed by atoms with E-state index in [1.165, 1.54) is 12.8 Å². The number of piperidine rings is 1.